The molecule has 0 aliphatic carbocycles. The van der Waals surface area contributed by atoms with Gasteiger partial charge in [0.1, 0.15) is 0 Å². The predicted octanol–water partition coefficient (Wildman–Crippen LogP) is 3.48. The molecule has 0 unspecified atom stereocenters. The molecule has 1 heterocycles. The highest BCUT2D eigenvalue weighted by Crippen LogP contribution is 2.17. The first kappa shape index (κ1) is 17.3. The number of carbonyl (C=O) groups is 1. The van der Waals surface area contributed by atoms with E-state index in [0.29, 0.717) is 10.9 Å². The van der Waals surface area contributed by atoms with Crippen LogP contribution in [0, 0.1) is 0 Å². The van der Waals surface area contributed by atoms with E-state index in [1.807, 2.05) is 35.2 Å². The zero-order chi connectivity index (χ0) is 17.6. The van der Waals surface area contributed by atoms with Gasteiger partial charge >= 0.3 is 0 Å². The van der Waals surface area contributed by atoms with Gasteiger partial charge in [0, 0.05) is 43.8 Å². The highest BCUT2D eigenvalue weighted by atomic mass is 35.5. The van der Waals surface area contributed by atoms with Crippen molar-refractivity contribution in [3.8, 4) is 0 Å². The highest BCUT2D eigenvalue weighted by molar-refractivity contribution is 6.38. The van der Waals surface area contributed by atoms with Crippen LogP contribution < -0.4 is 10.3 Å². The fraction of sp³-hybridized carbons (Fsp3) is 0.263. The minimum Gasteiger partial charge on any atom is -0.368 e. The number of rotatable bonds is 4. The molecule has 5 nitrogen and oxygen atoms in total. The van der Waals surface area contributed by atoms with Crippen LogP contribution in [0.5, 0.6) is 0 Å². The van der Waals surface area contributed by atoms with Crippen molar-refractivity contribution < 1.29 is 4.79 Å². The molecular weight excluding hydrogens is 336 g/mol. The summed E-state index contributed by atoms with van der Waals surface area (Å²) in [5, 5.41) is 4.99. The molecule has 0 bridgehead atoms. The average molecular weight is 357 g/mol. The van der Waals surface area contributed by atoms with Gasteiger partial charge in [0.15, 0.2) is 11.6 Å². The Labute approximate surface area is 152 Å². The Kier molecular flexibility index (Phi) is 5.56. The molecule has 0 atom stereocenters. The van der Waals surface area contributed by atoms with E-state index in [-0.39, 0.29) is 5.78 Å². The van der Waals surface area contributed by atoms with E-state index in [1.165, 1.54) is 5.69 Å². The van der Waals surface area contributed by atoms with Crippen molar-refractivity contribution in [3.63, 3.8) is 0 Å². The molecule has 1 fully saturated rings. The van der Waals surface area contributed by atoms with E-state index in [4.69, 9.17) is 11.6 Å². The second-order valence-electron chi connectivity index (χ2n) is 5.92. The van der Waals surface area contributed by atoms with Crippen molar-refractivity contribution in [2.45, 2.75) is 6.92 Å². The van der Waals surface area contributed by atoms with Gasteiger partial charge in [0.2, 0.25) is 0 Å². The molecule has 0 spiro atoms. The van der Waals surface area contributed by atoms with Crippen molar-refractivity contribution >= 4 is 34.6 Å². The maximum atomic E-state index is 12.0. The zero-order valence-corrected chi connectivity index (χ0v) is 14.9. The molecule has 0 amide bonds. The van der Waals surface area contributed by atoms with Crippen molar-refractivity contribution in [1.82, 2.24) is 4.90 Å². The van der Waals surface area contributed by atoms with E-state index < -0.39 is 0 Å². The van der Waals surface area contributed by atoms with Gasteiger partial charge in [0.05, 0.1) is 5.69 Å². The Morgan fingerprint density at radius 1 is 1.00 bits per heavy atom. The number of carbonyl (C=O) groups excluding carboxylic acids is 1. The van der Waals surface area contributed by atoms with Gasteiger partial charge in [-0.05, 0) is 36.4 Å². The van der Waals surface area contributed by atoms with Crippen molar-refractivity contribution in [2.24, 2.45) is 5.10 Å². The van der Waals surface area contributed by atoms with Crippen LogP contribution in [0.4, 0.5) is 11.4 Å². The summed E-state index contributed by atoms with van der Waals surface area (Å²) in [5.74, 6) is 0.414. The number of nitrogens with one attached hydrogen (secondary N) is 1. The molecule has 3 rings (SSSR count). The SMILES string of the molecule is CC(=O)/C(=N/Nc1ccc(Cl)cc1)N1CCN(c2ccccc2)CC1. The van der Waals surface area contributed by atoms with Crippen LogP contribution in [0.25, 0.3) is 0 Å². The van der Waals surface area contributed by atoms with E-state index in [2.05, 4.69) is 27.6 Å². The van der Waals surface area contributed by atoms with Crippen LogP contribution in [0.3, 0.4) is 0 Å². The van der Waals surface area contributed by atoms with Gasteiger partial charge in [-0.1, -0.05) is 29.8 Å². The lowest BCUT2D eigenvalue weighted by molar-refractivity contribution is -0.111. The third-order valence-electron chi connectivity index (χ3n) is 4.15. The molecule has 2 aromatic carbocycles. The Balaban J connectivity index is 1.65. The van der Waals surface area contributed by atoms with Crippen LogP contribution in [-0.2, 0) is 4.79 Å². The van der Waals surface area contributed by atoms with E-state index in [9.17, 15) is 4.79 Å². The van der Waals surface area contributed by atoms with Crippen LogP contribution in [-0.4, -0.2) is 42.7 Å². The van der Waals surface area contributed by atoms with Gasteiger partial charge in [-0.25, -0.2) is 0 Å². The monoisotopic (exact) mass is 356 g/mol. The standard InChI is InChI=1S/C19H21ClN4O/c1-15(25)19(22-21-17-9-7-16(20)8-10-17)24-13-11-23(12-14-24)18-5-3-2-4-6-18/h2-10,21H,11-14H2,1H3/b22-19-. The number of amidine groups is 1. The summed E-state index contributed by atoms with van der Waals surface area (Å²) in [4.78, 5) is 16.4. The maximum absolute atomic E-state index is 12.0. The number of hydrogen-bond donors (Lipinski definition) is 1. The second-order valence-corrected chi connectivity index (χ2v) is 6.36. The number of anilines is 2. The Morgan fingerprint density at radius 3 is 2.24 bits per heavy atom. The van der Waals surface area contributed by atoms with Crippen LogP contribution >= 0.6 is 11.6 Å². The number of halogens is 1. The molecule has 130 valence electrons. The zero-order valence-electron chi connectivity index (χ0n) is 14.2. The van der Waals surface area contributed by atoms with Gasteiger partial charge in [-0.15, -0.1) is 0 Å². The van der Waals surface area contributed by atoms with Crippen LogP contribution in [0.2, 0.25) is 5.02 Å². The molecule has 1 aliphatic heterocycles. The molecule has 25 heavy (non-hydrogen) atoms. The quantitative estimate of drug-likeness (QED) is 0.517. The molecule has 1 saturated heterocycles. The normalized spacial score (nSPS) is 15.2. The Bertz CT molecular complexity index is 738. The maximum Gasteiger partial charge on any atom is 0.196 e. The number of Topliss-reactive ketones (excluding diaryl/α,β-unsaturated/α-hetero) is 1. The van der Waals surface area contributed by atoms with Gasteiger partial charge in [0.25, 0.3) is 0 Å². The minimum absolute atomic E-state index is 0.0466. The fourth-order valence-corrected chi connectivity index (χ4v) is 2.96. The number of nitrogens with zero attached hydrogens (tertiary/aromatic N) is 3. The molecule has 1 N–H and O–H groups in total. The molecular formula is C19H21ClN4O. The number of piperazine rings is 1. The first-order valence-electron chi connectivity index (χ1n) is 8.28. The fourth-order valence-electron chi connectivity index (χ4n) is 2.83. The lowest BCUT2D eigenvalue weighted by Crippen LogP contribution is -2.50. The van der Waals surface area contributed by atoms with Crippen LogP contribution in [0.15, 0.2) is 59.7 Å². The topological polar surface area (TPSA) is 47.9 Å². The van der Waals surface area contributed by atoms with Gasteiger partial charge in [-0.3, -0.25) is 10.2 Å². The first-order valence-corrected chi connectivity index (χ1v) is 8.66. The smallest absolute Gasteiger partial charge is 0.196 e. The molecule has 1 aliphatic rings. The molecule has 6 heteroatoms. The number of benzene rings is 2. The summed E-state index contributed by atoms with van der Waals surface area (Å²) >= 11 is 5.88. The summed E-state index contributed by atoms with van der Waals surface area (Å²) in [6.45, 7) is 4.78. The van der Waals surface area contributed by atoms with Crippen molar-refractivity contribution in [3.05, 3.63) is 59.6 Å². The van der Waals surface area contributed by atoms with Gasteiger partial charge in [-0.2, -0.15) is 5.10 Å². The second kappa shape index (κ2) is 8.03. The van der Waals surface area contributed by atoms with Crippen molar-refractivity contribution in [2.75, 3.05) is 36.5 Å². The average Bonchev–Trinajstić information content (AvgIpc) is 2.64. The third kappa shape index (κ3) is 4.51. The molecule has 0 aromatic heterocycles. The summed E-state index contributed by atoms with van der Waals surface area (Å²) in [5.41, 5.74) is 4.95. The summed E-state index contributed by atoms with van der Waals surface area (Å²) in [6, 6.07) is 17.5. The number of ketones is 1. The predicted molar refractivity (Wildman–Crippen MR) is 103 cm³/mol. The Hall–Kier alpha value is -2.53. The Morgan fingerprint density at radius 2 is 1.64 bits per heavy atom. The molecule has 2 aromatic rings. The molecule has 0 radical (unpaired) electrons. The minimum atomic E-state index is -0.0466. The number of hydrazone groups is 1. The van der Waals surface area contributed by atoms with Crippen molar-refractivity contribution in [1.29, 1.82) is 0 Å². The lowest BCUT2D eigenvalue weighted by atomic mass is 10.2. The largest absolute Gasteiger partial charge is 0.368 e. The van der Waals surface area contributed by atoms with Crippen LogP contribution in [0.1, 0.15) is 6.92 Å². The lowest BCUT2D eigenvalue weighted by Gasteiger charge is -2.37. The number of para-hydroxylation sites is 1. The van der Waals surface area contributed by atoms with E-state index in [0.717, 1.165) is 31.9 Å². The van der Waals surface area contributed by atoms with E-state index in [1.54, 1.807) is 19.1 Å². The summed E-state index contributed by atoms with van der Waals surface area (Å²) in [6.07, 6.45) is 0. The number of hydrogen-bond acceptors (Lipinski definition) is 4. The highest BCUT2D eigenvalue weighted by Gasteiger charge is 2.22. The first-order chi connectivity index (χ1) is 12.1. The molecule has 0 saturated carbocycles. The summed E-state index contributed by atoms with van der Waals surface area (Å²) in [7, 11) is 0. The van der Waals surface area contributed by atoms with Gasteiger partial charge < -0.3 is 9.80 Å². The van der Waals surface area contributed by atoms with E-state index >= 15 is 0 Å². The third-order valence-corrected chi connectivity index (χ3v) is 4.40. The summed E-state index contributed by atoms with van der Waals surface area (Å²) < 4.78 is 0.